The summed E-state index contributed by atoms with van der Waals surface area (Å²) >= 11 is 0. The van der Waals surface area contributed by atoms with E-state index in [1.54, 1.807) is 12.1 Å². The molecule has 0 aliphatic heterocycles. The Balaban J connectivity index is 0.000000268. The van der Waals surface area contributed by atoms with Crippen molar-refractivity contribution < 1.29 is 19.1 Å². The van der Waals surface area contributed by atoms with Gasteiger partial charge in [-0.3, -0.25) is 0 Å². The van der Waals surface area contributed by atoms with Crippen LogP contribution in [-0.2, 0) is 4.74 Å². The van der Waals surface area contributed by atoms with Crippen LogP contribution in [0, 0.1) is 12.3 Å². The van der Waals surface area contributed by atoms with Gasteiger partial charge < -0.3 is 14.3 Å². The van der Waals surface area contributed by atoms with Crippen LogP contribution in [0.1, 0.15) is 16.2 Å². The third-order valence-corrected chi connectivity index (χ3v) is 4.27. The molecule has 2 aromatic heterocycles. The molecular formula is C22H14N2O4. The molecular weight excluding hydrogens is 356 g/mol. The molecule has 0 spiro atoms. The standard InChI is InChI=1S/C16H10N2O4.C6H4/c1-3-10-11-14(13(19)12(17-10)16(20)21-2)22-15(18-11)9-7-5-4-6-8-9;1-2-6-4-3-5(1)6/h1,4-8,19H,2H3;1-4H. The number of hydrogen-bond acceptors (Lipinski definition) is 6. The van der Waals surface area contributed by atoms with Crippen molar-refractivity contribution in [3.05, 3.63) is 66.0 Å². The molecule has 6 nitrogen and oxygen atoms in total. The smallest absolute Gasteiger partial charge is 0.360 e. The molecule has 0 saturated heterocycles. The first kappa shape index (κ1) is 17.3. The second kappa shape index (κ2) is 6.89. The normalized spacial score (nSPS) is 10.6. The lowest BCUT2D eigenvalue weighted by Crippen LogP contribution is -2.06. The fraction of sp³-hybridized carbons (Fsp3) is 0.0455. The number of pyridine rings is 1. The predicted molar refractivity (Wildman–Crippen MR) is 104 cm³/mol. The third-order valence-electron chi connectivity index (χ3n) is 4.27. The van der Waals surface area contributed by atoms with E-state index < -0.39 is 11.7 Å². The Morgan fingerprint density at radius 2 is 1.68 bits per heavy atom. The molecule has 5 rings (SSSR count). The van der Waals surface area contributed by atoms with Crippen LogP contribution >= 0.6 is 0 Å². The zero-order valence-corrected chi connectivity index (χ0v) is 14.8. The van der Waals surface area contributed by atoms with Crippen LogP contribution < -0.4 is 0 Å². The summed E-state index contributed by atoms with van der Waals surface area (Å²) in [5.41, 5.74) is 3.57. The van der Waals surface area contributed by atoms with Crippen molar-refractivity contribution in [1.82, 2.24) is 9.97 Å². The lowest BCUT2D eigenvalue weighted by Gasteiger charge is -2.10. The summed E-state index contributed by atoms with van der Waals surface area (Å²) in [7, 11) is 1.18. The molecule has 3 aromatic rings. The second-order valence-corrected chi connectivity index (χ2v) is 5.93. The molecule has 1 N–H and O–H groups in total. The maximum Gasteiger partial charge on any atom is 0.360 e. The van der Waals surface area contributed by atoms with Gasteiger partial charge >= 0.3 is 5.97 Å². The minimum atomic E-state index is -0.812. The van der Waals surface area contributed by atoms with Crippen LogP contribution in [0.5, 0.6) is 5.75 Å². The fourth-order valence-corrected chi connectivity index (χ4v) is 2.67. The number of methoxy groups -OCH3 is 1. The minimum absolute atomic E-state index is 0.00204. The average molecular weight is 370 g/mol. The number of ether oxygens (including phenoxy) is 1. The number of oxazole rings is 1. The SMILES string of the molecule is C#Cc1nc(C(=O)OC)c(O)c2oc(-c3ccccc3)nc12.c1cc2ccc1-2. The van der Waals surface area contributed by atoms with Gasteiger partial charge in [-0.15, -0.1) is 6.42 Å². The largest absolute Gasteiger partial charge is 0.503 e. The molecule has 1 aromatic carbocycles. The van der Waals surface area contributed by atoms with Gasteiger partial charge in [0.25, 0.3) is 0 Å². The van der Waals surface area contributed by atoms with Crippen molar-refractivity contribution in [1.29, 1.82) is 0 Å². The van der Waals surface area contributed by atoms with Crippen molar-refractivity contribution in [3.8, 4) is 40.7 Å². The third kappa shape index (κ3) is 2.85. The summed E-state index contributed by atoms with van der Waals surface area (Å²) in [6.45, 7) is 0. The van der Waals surface area contributed by atoms with Gasteiger partial charge in [0, 0.05) is 5.56 Å². The Labute approximate surface area is 160 Å². The molecule has 0 unspecified atom stereocenters. The fourth-order valence-electron chi connectivity index (χ4n) is 2.67. The number of rotatable bonds is 2. The van der Waals surface area contributed by atoms with E-state index in [-0.39, 0.29) is 28.4 Å². The molecule has 0 atom stereocenters. The zero-order chi connectivity index (χ0) is 19.7. The van der Waals surface area contributed by atoms with Crippen LogP contribution in [-0.4, -0.2) is 28.2 Å². The van der Waals surface area contributed by atoms with Gasteiger partial charge in [-0.05, 0) is 29.2 Å². The van der Waals surface area contributed by atoms with Crippen LogP contribution in [0.4, 0.5) is 0 Å². The van der Waals surface area contributed by atoms with E-state index in [0.717, 1.165) is 0 Å². The minimum Gasteiger partial charge on any atom is -0.503 e. The molecule has 28 heavy (non-hydrogen) atoms. The van der Waals surface area contributed by atoms with E-state index in [9.17, 15) is 9.90 Å². The lowest BCUT2D eigenvalue weighted by molar-refractivity contribution is 0.0590. The van der Waals surface area contributed by atoms with E-state index in [1.165, 1.54) is 18.2 Å². The maximum absolute atomic E-state index is 11.6. The number of hydrogen-bond donors (Lipinski definition) is 1. The number of nitrogens with zero attached hydrogens (tertiary/aromatic N) is 2. The molecule has 136 valence electrons. The van der Waals surface area contributed by atoms with Gasteiger partial charge in [0.1, 0.15) is 11.2 Å². The van der Waals surface area contributed by atoms with Gasteiger partial charge in [0.05, 0.1) is 7.11 Å². The number of carbonyl (C=O) groups is 1. The van der Waals surface area contributed by atoms with E-state index in [4.69, 9.17) is 10.8 Å². The molecule has 6 heteroatoms. The van der Waals surface area contributed by atoms with E-state index in [1.807, 2.05) is 18.2 Å². The van der Waals surface area contributed by atoms with Crippen LogP contribution in [0.25, 0.3) is 33.7 Å². The number of aromatic nitrogens is 2. The van der Waals surface area contributed by atoms with Gasteiger partial charge in [0.15, 0.2) is 11.4 Å². The Hall–Kier alpha value is -4.11. The lowest BCUT2D eigenvalue weighted by atomic mass is 9.95. The molecule has 0 bridgehead atoms. The Bertz CT molecular complexity index is 1200. The predicted octanol–water partition coefficient (Wildman–Crippen LogP) is 4.03. The summed E-state index contributed by atoms with van der Waals surface area (Å²) in [6, 6.07) is 17.6. The summed E-state index contributed by atoms with van der Waals surface area (Å²) in [4.78, 5) is 19.8. The van der Waals surface area contributed by atoms with E-state index in [2.05, 4.69) is 44.9 Å². The van der Waals surface area contributed by atoms with Crippen LogP contribution in [0.15, 0.2) is 59.0 Å². The summed E-state index contributed by atoms with van der Waals surface area (Å²) in [5, 5.41) is 10.2. The van der Waals surface area contributed by atoms with Crippen molar-refractivity contribution in [3.63, 3.8) is 0 Å². The number of benzene rings is 2. The van der Waals surface area contributed by atoms with Crippen molar-refractivity contribution in [2.45, 2.75) is 0 Å². The van der Waals surface area contributed by atoms with Gasteiger partial charge in [0.2, 0.25) is 11.5 Å². The number of fused-ring (bicyclic) bond motifs is 2. The second-order valence-electron chi connectivity index (χ2n) is 5.93. The quantitative estimate of drug-likeness (QED) is 0.373. The molecule has 0 fully saturated rings. The Morgan fingerprint density at radius 3 is 2.18 bits per heavy atom. The molecule has 2 aliphatic carbocycles. The van der Waals surface area contributed by atoms with Crippen LogP contribution in [0.2, 0.25) is 0 Å². The molecule has 2 heterocycles. The molecule has 2 aliphatic rings. The van der Waals surface area contributed by atoms with Crippen molar-refractivity contribution in [2.75, 3.05) is 7.11 Å². The van der Waals surface area contributed by atoms with E-state index >= 15 is 0 Å². The number of terminal acetylenes is 1. The van der Waals surface area contributed by atoms with Crippen molar-refractivity contribution in [2.24, 2.45) is 0 Å². The van der Waals surface area contributed by atoms with E-state index in [0.29, 0.717) is 5.56 Å². The first-order valence-corrected chi connectivity index (χ1v) is 8.36. The summed E-state index contributed by atoms with van der Waals surface area (Å²) < 4.78 is 10.1. The van der Waals surface area contributed by atoms with Gasteiger partial charge in [-0.25, -0.2) is 14.8 Å². The summed E-state index contributed by atoms with van der Waals surface area (Å²) in [5.74, 6) is 1.34. The highest BCUT2D eigenvalue weighted by atomic mass is 16.5. The first-order valence-electron chi connectivity index (χ1n) is 8.36. The molecule has 0 saturated carbocycles. The number of esters is 1. The first-order chi connectivity index (χ1) is 13.6. The average Bonchev–Trinajstić information content (AvgIpc) is 3.18. The number of aromatic hydroxyl groups is 1. The highest BCUT2D eigenvalue weighted by molar-refractivity contribution is 5.98. The molecule has 0 amide bonds. The maximum atomic E-state index is 11.6. The topological polar surface area (TPSA) is 85.5 Å². The Kier molecular flexibility index (Phi) is 4.26. The van der Waals surface area contributed by atoms with Gasteiger partial charge in [-0.1, -0.05) is 42.5 Å². The highest BCUT2D eigenvalue weighted by Crippen LogP contribution is 2.33. The summed E-state index contributed by atoms with van der Waals surface area (Å²) in [6.07, 6.45) is 5.40. The highest BCUT2D eigenvalue weighted by Gasteiger charge is 2.24. The van der Waals surface area contributed by atoms with Gasteiger partial charge in [-0.2, -0.15) is 0 Å². The van der Waals surface area contributed by atoms with Crippen molar-refractivity contribution >= 4 is 17.1 Å². The number of carbonyl (C=O) groups excluding carboxylic acids is 1. The van der Waals surface area contributed by atoms with Crippen LogP contribution in [0.3, 0.4) is 0 Å². The monoisotopic (exact) mass is 370 g/mol. The zero-order valence-electron chi connectivity index (χ0n) is 14.8. The Morgan fingerprint density at radius 1 is 1.04 bits per heavy atom. The molecule has 0 radical (unpaired) electrons.